The Morgan fingerprint density at radius 3 is 2.68 bits per heavy atom. The lowest BCUT2D eigenvalue weighted by Gasteiger charge is -2.19. The average Bonchev–Trinajstić information content (AvgIpc) is 2.42. The van der Waals surface area contributed by atoms with Gasteiger partial charge >= 0.3 is 0 Å². The van der Waals surface area contributed by atoms with Crippen LogP contribution < -0.4 is 0 Å². The van der Waals surface area contributed by atoms with Crippen LogP contribution in [0.5, 0.6) is 0 Å². The molecule has 0 unspecified atom stereocenters. The highest BCUT2D eigenvalue weighted by atomic mass is 19.1. The second-order valence-corrected chi connectivity index (χ2v) is 4.18. The minimum Gasteiger partial charge on any atom is -0.395 e. The van der Waals surface area contributed by atoms with E-state index in [0.29, 0.717) is 25.1 Å². The van der Waals surface area contributed by atoms with Gasteiger partial charge in [-0.1, -0.05) is 24.8 Å². The summed E-state index contributed by atoms with van der Waals surface area (Å²) in [7, 11) is 0. The Kier molecular flexibility index (Phi) is 7.12. The number of rotatable bonds is 6. The molecule has 0 aliphatic carbocycles. The second-order valence-electron chi connectivity index (χ2n) is 4.18. The van der Waals surface area contributed by atoms with Crippen LogP contribution in [0.1, 0.15) is 24.5 Å². The van der Waals surface area contributed by atoms with Gasteiger partial charge < -0.3 is 10.2 Å². The quantitative estimate of drug-likeness (QED) is 0.764. The number of nitrogens with zero attached hydrogens (tertiary/aromatic N) is 1. The van der Waals surface area contributed by atoms with Crippen LogP contribution in [0.15, 0.2) is 18.2 Å². The smallest absolute Gasteiger partial charge is 0.138 e. The van der Waals surface area contributed by atoms with E-state index >= 15 is 0 Å². The lowest BCUT2D eigenvalue weighted by atomic mass is 10.1. The topological polar surface area (TPSA) is 43.7 Å². The Hall–Kier alpha value is -1.41. The van der Waals surface area contributed by atoms with Gasteiger partial charge in [0.05, 0.1) is 18.8 Å². The third-order valence-corrected chi connectivity index (χ3v) is 2.76. The van der Waals surface area contributed by atoms with Gasteiger partial charge in [0.15, 0.2) is 0 Å². The first kappa shape index (κ1) is 15.6. The Bertz CT molecular complexity index is 451. The molecule has 1 rings (SSSR count). The van der Waals surface area contributed by atoms with Gasteiger partial charge in [-0.05, 0) is 24.2 Å². The lowest BCUT2D eigenvalue weighted by molar-refractivity contribution is 0.197. The lowest BCUT2D eigenvalue weighted by Crippen LogP contribution is -2.26. The van der Waals surface area contributed by atoms with E-state index in [0.717, 1.165) is 12.1 Å². The van der Waals surface area contributed by atoms with Gasteiger partial charge in [-0.25, -0.2) is 4.39 Å². The van der Waals surface area contributed by atoms with E-state index in [4.69, 9.17) is 10.2 Å². The highest BCUT2D eigenvalue weighted by Crippen LogP contribution is 2.11. The van der Waals surface area contributed by atoms with Crippen LogP contribution in [0, 0.1) is 17.7 Å². The molecular formula is C15H20FNO2. The number of aliphatic hydroxyl groups is 2. The third-order valence-electron chi connectivity index (χ3n) is 2.76. The molecule has 0 fully saturated rings. The van der Waals surface area contributed by atoms with E-state index in [2.05, 4.69) is 16.7 Å². The van der Waals surface area contributed by atoms with Crippen LogP contribution in [0.4, 0.5) is 4.39 Å². The SMILES string of the molecule is CCN(CCO)Cc1ccc(F)c(C#CCCO)c1. The van der Waals surface area contributed by atoms with E-state index in [1.807, 2.05) is 6.92 Å². The van der Waals surface area contributed by atoms with E-state index in [-0.39, 0.29) is 19.0 Å². The molecule has 0 aromatic heterocycles. The fraction of sp³-hybridized carbons (Fsp3) is 0.467. The molecule has 1 aromatic rings. The van der Waals surface area contributed by atoms with Crippen molar-refractivity contribution in [3.63, 3.8) is 0 Å². The fourth-order valence-electron chi connectivity index (χ4n) is 1.73. The summed E-state index contributed by atoms with van der Waals surface area (Å²) in [4.78, 5) is 2.07. The molecule has 104 valence electrons. The van der Waals surface area contributed by atoms with Gasteiger partial charge in [0.25, 0.3) is 0 Å². The highest BCUT2D eigenvalue weighted by molar-refractivity contribution is 5.38. The summed E-state index contributed by atoms with van der Waals surface area (Å²) in [6.07, 6.45) is 0.343. The molecule has 0 amide bonds. The Labute approximate surface area is 113 Å². The summed E-state index contributed by atoms with van der Waals surface area (Å²) in [6.45, 7) is 4.18. The Morgan fingerprint density at radius 2 is 2.05 bits per heavy atom. The van der Waals surface area contributed by atoms with Crippen LogP contribution in [0.3, 0.4) is 0 Å². The minimum atomic E-state index is -0.348. The minimum absolute atomic E-state index is 0.0194. The van der Waals surface area contributed by atoms with Gasteiger partial charge in [-0.2, -0.15) is 0 Å². The van der Waals surface area contributed by atoms with Crippen molar-refractivity contribution in [3.05, 3.63) is 35.1 Å². The zero-order valence-electron chi connectivity index (χ0n) is 11.2. The molecule has 0 heterocycles. The summed E-state index contributed by atoms with van der Waals surface area (Å²) in [6, 6.07) is 4.86. The molecule has 0 aliphatic heterocycles. The van der Waals surface area contributed by atoms with Crippen molar-refractivity contribution < 1.29 is 14.6 Å². The monoisotopic (exact) mass is 265 g/mol. The first-order valence-electron chi connectivity index (χ1n) is 6.42. The first-order valence-corrected chi connectivity index (χ1v) is 6.42. The van der Waals surface area contributed by atoms with Crippen molar-refractivity contribution in [2.45, 2.75) is 19.9 Å². The van der Waals surface area contributed by atoms with Crippen molar-refractivity contribution in [1.29, 1.82) is 0 Å². The normalized spacial score (nSPS) is 10.4. The largest absolute Gasteiger partial charge is 0.395 e. The van der Waals surface area contributed by atoms with Crippen LogP contribution >= 0.6 is 0 Å². The van der Waals surface area contributed by atoms with E-state index in [1.165, 1.54) is 6.07 Å². The van der Waals surface area contributed by atoms with Crippen molar-refractivity contribution in [1.82, 2.24) is 4.90 Å². The molecule has 0 radical (unpaired) electrons. The number of likely N-dealkylation sites (N-methyl/N-ethyl adjacent to an activating group) is 1. The maximum atomic E-state index is 13.5. The van der Waals surface area contributed by atoms with Gasteiger partial charge in [-0.3, -0.25) is 4.90 Å². The average molecular weight is 265 g/mol. The van der Waals surface area contributed by atoms with Crippen LogP contribution in [-0.2, 0) is 6.54 Å². The summed E-state index contributed by atoms with van der Waals surface area (Å²) in [5.74, 6) is 5.10. The van der Waals surface area contributed by atoms with Crippen LogP contribution in [0.25, 0.3) is 0 Å². The predicted octanol–water partition coefficient (Wildman–Crippen LogP) is 1.37. The summed E-state index contributed by atoms with van der Waals surface area (Å²) < 4.78 is 13.5. The molecule has 0 spiro atoms. The molecule has 0 bridgehead atoms. The molecule has 19 heavy (non-hydrogen) atoms. The first-order chi connectivity index (χ1) is 9.21. The number of benzene rings is 1. The number of aliphatic hydroxyl groups excluding tert-OH is 2. The van der Waals surface area contributed by atoms with E-state index < -0.39 is 0 Å². The molecule has 1 aromatic carbocycles. The summed E-state index contributed by atoms with van der Waals surface area (Å²) >= 11 is 0. The van der Waals surface area contributed by atoms with Crippen molar-refractivity contribution >= 4 is 0 Å². The van der Waals surface area contributed by atoms with Crippen molar-refractivity contribution in [2.75, 3.05) is 26.3 Å². The van der Waals surface area contributed by atoms with Crippen molar-refractivity contribution in [3.8, 4) is 11.8 Å². The number of halogens is 1. The second kappa shape index (κ2) is 8.65. The van der Waals surface area contributed by atoms with Crippen LogP contribution in [0.2, 0.25) is 0 Å². The number of hydrogen-bond acceptors (Lipinski definition) is 3. The van der Waals surface area contributed by atoms with E-state index in [9.17, 15) is 4.39 Å². The van der Waals surface area contributed by atoms with Crippen molar-refractivity contribution in [2.24, 2.45) is 0 Å². The molecular weight excluding hydrogens is 245 g/mol. The molecule has 0 atom stereocenters. The predicted molar refractivity (Wildman–Crippen MR) is 73.0 cm³/mol. The van der Waals surface area contributed by atoms with Gasteiger partial charge in [0.1, 0.15) is 5.82 Å². The third kappa shape index (κ3) is 5.39. The van der Waals surface area contributed by atoms with Crippen LogP contribution in [-0.4, -0.2) is 41.4 Å². The molecule has 3 nitrogen and oxygen atoms in total. The summed E-state index contributed by atoms with van der Waals surface area (Å²) in [5, 5.41) is 17.6. The molecule has 0 aliphatic rings. The molecule has 0 saturated carbocycles. The maximum absolute atomic E-state index is 13.5. The zero-order valence-corrected chi connectivity index (χ0v) is 11.2. The number of hydrogen-bond donors (Lipinski definition) is 2. The van der Waals surface area contributed by atoms with Gasteiger partial charge in [0.2, 0.25) is 0 Å². The fourth-order valence-corrected chi connectivity index (χ4v) is 1.73. The Morgan fingerprint density at radius 1 is 1.26 bits per heavy atom. The maximum Gasteiger partial charge on any atom is 0.138 e. The molecule has 2 N–H and O–H groups in total. The molecule has 0 saturated heterocycles. The zero-order chi connectivity index (χ0) is 14.1. The molecule has 4 heteroatoms. The highest BCUT2D eigenvalue weighted by Gasteiger charge is 2.05. The Balaban J connectivity index is 2.81. The van der Waals surface area contributed by atoms with Gasteiger partial charge in [0, 0.05) is 19.5 Å². The van der Waals surface area contributed by atoms with Gasteiger partial charge in [-0.15, -0.1) is 0 Å². The van der Waals surface area contributed by atoms with E-state index in [1.54, 1.807) is 12.1 Å². The standard InChI is InChI=1S/C15H20FNO2/c1-2-17(8-10-19)12-13-6-7-15(16)14(11-13)5-3-4-9-18/h6-7,11,18-19H,2,4,8-10,12H2,1H3. The summed E-state index contributed by atoms with van der Waals surface area (Å²) in [5.41, 5.74) is 1.32.